The minimum atomic E-state index is -0.179. The summed E-state index contributed by atoms with van der Waals surface area (Å²) in [5.74, 6) is -0.140. The number of ether oxygens (including phenoxy) is 1. The van der Waals surface area contributed by atoms with Crippen LogP contribution in [0, 0.1) is 6.92 Å². The molecule has 0 aliphatic carbocycles. The molecule has 2 heterocycles. The van der Waals surface area contributed by atoms with Gasteiger partial charge in [-0.05, 0) is 66.8 Å². The fraction of sp³-hybridized carbons (Fsp3) is 0.267. The quantitative estimate of drug-likeness (QED) is 0.330. The van der Waals surface area contributed by atoms with Crippen LogP contribution in [-0.2, 0) is 16.1 Å². The lowest BCUT2D eigenvalue weighted by Gasteiger charge is -2.33. The molecule has 1 unspecified atom stereocenters. The van der Waals surface area contributed by atoms with Gasteiger partial charge in [-0.2, -0.15) is 0 Å². The predicted molar refractivity (Wildman–Crippen MR) is 142 cm³/mol. The molecule has 0 amide bonds. The van der Waals surface area contributed by atoms with Gasteiger partial charge in [0.15, 0.2) is 0 Å². The topological polar surface area (TPSA) is 54.5 Å². The first-order valence-corrected chi connectivity index (χ1v) is 12.3. The van der Waals surface area contributed by atoms with E-state index in [4.69, 9.17) is 9.72 Å². The summed E-state index contributed by atoms with van der Waals surface area (Å²) in [6.07, 6.45) is 4.87. The Morgan fingerprint density at radius 1 is 1.00 bits per heavy atom. The standard InChI is InChI=1S/C30H31N3O2/c1-21-24(22-10-4-3-5-11-22)12-8-14-26(21)32-27-15-9-13-25-23(17-18-31-29(25)27)20-33-19-7-6-16-28(33)30(34)35-2/h3-5,8-15,17-18,28,32H,6-7,16,19-20H2,1-2H3. The smallest absolute Gasteiger partial charge is 0.323 e. The van der Waals surface area contributed by atoms with Crippen LogP contribution in [0.25, 0.3) is 22.0 Å². The van der Waals surface area contributed by atoms with E-state index < -0.39 is 0 Å². The zero-order chi connectivity index (χ0) is 24.2. The van der Waals surface area contributed by atoms with Gasteiger partial charge in [-0.15, -0.1) is 0 Å². The van der Waals surface area contributed by atoms with E-state index in [9.17, 15) is 4.79 Å². The summed E-state index contributed by atoms with van der Waals surface area (Å²) in [5, 5.41) is 4.74. The van der Waals surface area contributed by atoms with Crippen molar-refractivity contribution < 1.29 is 9.53 Å². The Morgan fingerprint density at radius 2 is 1.80 bits per heavy atom. The number of anilines is 2. The van der Waals surface area contributed by atoms with E-state index in [1.807, 2.05) is 12.3 Å². The van der Waals surface area contributed by atoms with Crippen LogP contribution in [0.4, 0.5) is 11.4 Å². The zero-order valence-electron chi connectivity index (χ0n) is 20.3. The van der Waals surface area contributed by atoms with Crippen LogP contribution in [0.5, 0.6) is 0 Å². The molecule has 0 spiro atoms. The highest BCUT2D eigenvalue weighted by Gasteiger charge is 2.29. The van der Waals surface area contributed by atoms with Gasteiger partial charge in [-0.25, -0.2) is 0 Å². The summed E-state index contributed by atoms with van der Waals surface area (Å²) in [6.45, 7) is 3.75. The third-order valence-corrected chi connectivity index (χ3v) is 7.01. The van der Waals surface area contributed by atoms with E-state index in [2.05, 4.69) is 83.9 Å². The maximum absolute atomic E-state index is 12.4. The minimum absolute atomic E-state index is 0.140. The second-order valence-corrected chi connectivity index (χ2v) is 9.15. The average Bonchev–Trinajstić information content (AvgIpc) is 2.91. The Bertz CT molecular complexity index is 1340. The first-order chi connectivity index (χ1) is 17.2. The summed E-state index contributed by atoms with van der Waals surface area (Å²) in [5.41, 5.74) is 7.75. The fourth-order valence-corrected chi connectivity index (χ4v) is 5.12. The largest absolute Gasteiger partial charge is 0.468 e. The van der Waals surface area contributed by atoms with Crippen molar-refractivity contribution in [3.05, 3.63) is 90.1 Å². The van der Waals surface area contributed by atoms with Crippen molar-refractivity contribution in [3.63, 3.8) is 0 Å². The van der Waals surface area contributed by atoms with Crippen molar-refractivity contribution in [1.29, 1.82) is 0 Å². The summed E-state index contributed by atoms with van der Waals surface area (Å²) in [7, 11) is 1.48. The molecule has 1 aromatic heterocycles. The van der Waals surface area contributed by atoms with Crippen LogP contribution in [0.3, 0.4) is 0 Å². The molecule has 0 bridgehead atoms. The van der Waals surface area contributed by atoms with E-state index in [1.165, 1.54) is 29.4 Å². The number of pyridine rings is 1. The Labute approximate surface area is 206 Å². The first-order valence-electron chi connectivity index (χ1n) is 12.3. The fourth-order valence-electron chi connectivity index (χ4n) is 5.12. The molecule has 5 heteroatoms. The van der Waals surface area contributed by atoms with Gasteiger partial charge in [-0.1, -0.05) is 61.0 Å². The molecule has 1 atom stereocenters. The average molecular weight is 466 g/mol. The van der Waals surface area contributed by atoms with Crippen LogP contribution in [-0.4, -0.2) is 35.5 Å². The number of rotatable bonds is 6. The third kappa shape index (κ3) is 4.77. The monoisotopic (exact) mass is 465 g/mol. The molecular weight excluding hydrogens is 434 g/mol. The molecule has 1 N–H and O–H groups in total. The van der Waals surface area contributed by atoms with Gasteiger partial charge >= 0.3 is 5.97 Å². The zero-order valence-corrected chi connectivity index (χ0v) is 20.3. The van der Waals surface area contributed by atoms with Gasteiger partial charge in [0, 0.05) is 23.8 Å². The Morgan fingerprint density at radius 3 is 2.63 bits per heavy atom. The third-order valence-electron chi connectivity index (χ3n) is 7.01. The van der Waals surface area contributed by atoms with Gasteiger partial charge in [0.1, 0.15) is 6.04 Å². The molecule has 0 radical (unpaired) electrons. The molecule has 1 aliphatic rings. The number of nitrogens with one attached hydrogen (secondary N) is 1. The molecule has 35 heavy (non-hydrogen) atoms. The molecule has 1 fully saturated rings. The summed E-state index contributed by atoms with van der Waals surface area (Å²) in [4.78, 5) is 19.4. The number of hydrogen-bond acceptors (Lipinski definition) is 5. The number of methoxy groups -OCH3 is 1. The molecule has 1 saturated heterocycles. The number of nitrogens with zero attached hydrogens (tertiary/aromatic N) is 2. The van der Waals surface area contributed by atoms with Gasteiger partial charge < -0.3 is 10.1 Å². The second kappa shape index (κ2) is 10.3. The number of benzene rings is 3. The lowest BCUT2D eigenvalue weighted by Crippen LogP contribution is -2.44. The molecule has 178 valence electrons. The van der Waals surface area contributed by atoms with Crippen molar-refractivity contribution in [2.45, 2.75) is 38.8 Å². The molecule has 5 nitrogen and oxygen atoms in total. The van der Waals surface area contributed by atoms with Crippen molar-refractivity contribution >= 4 is 28.2 Å². The van der Waals surface area contributed by atoms with Crippen LogP contribution in [0.1, 0.15) is 30.4 Å². The van der Waals surface area contributed by atoms with Gasteiger partial charge in [0.2, 0.25) is 0 Å². The van der Waals surface area contributed by atoms with Crippen molar-refractivity contribution in [2.24, 2.45) is 0 Å². The van der Waals surface area contributed by atoms with E-state index in [1.54, 1.807) is 0 Å². The maximum atomic E-state index is 12.4. The summed E-state index contributed by atoms with van der Waals surface area (Å²) >= 11 is 0. The number of esters is 1. The molecule has 3 aromatic carbocycles. The van der Waals surface area contributed by atoms with Gasteiger partial charge in [0.25, 0.3) is 0 Å². The van der Waals surface area contributed by atoms with Gasteiger partial charge in [0.05, 0.1) is 18.3 Å². The lowest BCUT2D eigenvalue weighted by atomic mass is 9.98. The lowest BCUT2D eigenvalue weighted by molar-refractivity contribution is -0.148. The van der Waals surface area contributed by atoms with Crippen LogP contribution < -0.4 is 5.32 Å². The highest BCUT2D eigenvalue weighted by Crippen LogP contribution is 2.33. The summed E-state index contributed by atoms with van der Waals surface area (Å²) in [6, 6.07) is 25.0. The summed E-state index contributed by atoms with van der Waals surface area (Å²) < 4.78 is 5.08. The predicted octanol–water partition coefficient (Wildman–Crippen LogP) is 6.48. The van der Waals surface area contributed by atoms with Crippen molar-refractivity contribution in [3.8, 4) is 11.1 Å². The van der Waals surface area contributed by atoms with Crippen molar-refractivity contribution in [1.82, 2.24) is 9.88 Å². The molecule has 5 rings (SSSR count). The van der Waals surface area contributed by atoms with E-state index in [0.717, 1.165) is 48.1 Å². The number of aromatic nitrogens is 1. The Balaban J connectivity index is 1.47. The van der Waals surface area contributed by atoms with E-state index in [-0.39, 0.29) is 12.0 Å². The molecule has 1 aliphatic heterocycles. The van der Waals surface area contributed by atoms with Gasteiger partial charge in [-0.3, -0.25) is 14.7 Å². The molecule has 0 saturated carbocycles. The van der Waals surface area contributed by atoms with Crippen molar-refractivity contribution in [2.75, 3.05) is 19.0 Å². The number of carbonyl (C=O) groups excluding carboxylic acids is 1. The minimum Gasteiger partial charge on any atom is -0.468 e. The number of likely N-dealkylation sites (tertiary alicyclic amines) is 1. The number of para-hydroxylation sites is 1. The molecule has 4 aromatic rings. The van der Waals surface area contributed by atoms with Crippen LogP contribution in [0.2, 0.25) is 0 Å². The highest BCUT2D eigenvalue weighted by atomic mass is 16.5. The SMILES string of the molecule is COC(=O)C1CCCCN1Cc1ccnc2c(Nc3cccc(-c4ccccc4)c3C)cccc12. The Kier molecular flexibility index (Phi) is 6.77. The normalized spacial score (nSPS) is 16.2. The maximum Gasteiger partial charge on any atom is 0.323 e. The number of hydrogen-bond donors (Lipinski definition) is 1. The highest BCUT2D eigenvalue weighted by molar-refractivity contribution is 5.94. The Hall–Kier alpha value is -3.70. The number of carbonyl (C=O) groups is 1. The van der Waals surface area contributed by atoms with E-state index in [0.29, 0.717) is 6.54 Å². The number of fused-ring (bicyclic) bond motifs is 1. The van der Waals surface area contributed by atoms with Crippen LogP contribution >= 0.6 is 0 Å². The van der Waals surface area contributed by atoms with E-state index >= 15 is 0 Å². The number of piperidine rings is 1. The van der Waals surface area contributed by atoms with Crippen LogP contribution in [0.15, 0.2) is 79.0 Å². The first kappa shape index (κ1) is 23.1. The molecular formula is C30H31N3O2. The second-order valence-electron chi connectivity index (χ2n) is 9.15.